The Labute approximate surface area is 178 Å². The fourth-order valence-electron chi connectivity index (χ4n) is 2.91. The van der Waals surface area contributed by atoms with Gasteiger partial charge in [-0.25, -0.2) is 4.39 Å². The third-order valence-electron chi connectivity index (χ3n) is 4.57. The van der Waals surface area contributed by atoms with Gasteiger partial charge in [0.15, 0.2) is 11.5 Å². The van der Waals surface area contributed by atoms with Gasteiger partial charge in [0.2, 0.25) is 0 Å². The second kappa shape index (κ2) is 9.67. The van der Waals surface area contributed by atoms with Crippen molar-refractivity contribution in [3.63, 3.8) is 0 Å². The van der Waals surface area contributed by atoms with Crippen molar-refractivity contribution in [3.05, 3.63) is 105 Å². The molecule has 0 atom stereocenters. The van der Waals surface area contributed by atoms with Crippen LogP contribution in [0.1, 0.15) is 27.0 Å². The average molecular weight is 421 g/mol. The number of carbonyl (C=O) groups excluding carboxylic acids is 1. The maximum Gasteiger partial charge on any atom is 0.311 e. The normalized spacial score (nSPS) is 10.8. The first-order valence-electron chi connectivity index (χ1n) is 9.40. The van der Waals surface area contributed by atoms with Gasteiger partial charge in [0.1, 0.15) is 18.2 Å². The van der Waals surface area contributed by atoms with E-state index in [1.165, 1.54) is 13.2 Å². The monoisotopic (exact) mass is 421 g/mol. The van der Waals surface area contributed by atoms with E-state index in [2.05, 4.69) is 0 Å². The fourth-order valence-corrected chi connectivity index (χ4v) is 2.91. The summed E-state index contributed by atoms with van der Waals surface area (Å²) >= 11 is 0. The summed E-state index contributed by atoms with van der Waals surface area (Å²) in [6.45, 7) is 1.87. The number of carbonyl (C=O) groups is 1. The molecule has 0 aliphatic heterocycles. The molecule has 0 spiro atoms. The highest BCUT2D eigenvalue weighted by molar-refractivity contribution is 6.06. The molecule has 0 saturated heterocycles. The van der Waals surface area contributed by atoms with E-state index in [4.69, 9.17) is 9.47 Å². The van der Waals surface area contributed by atoms with E-state index in [0.29, 0.717) is 22.4 Å². The van der Waals surface area contributed by atoms with E-state index in [1.807, 2.05) is 19.1 Å². The largest absolute Gasteiger partial charge is 0.496 e. The molecule has 7 heteroatoms. The van der Waals surface area contributed by atoms with Gasteiger partial charge in [0.05, 0.1) is 12.0 Å². The molecule has 0 N–H and O–H groups in total. The zero-order chi connectivity index (χ0) is 22.4. The van der Waals surface area contributed by atoms with E-state index in [1.54, 1.807) is 36.4 Å². The molecule has 0 heterocycles. The first kappa shape index (κ1) is 21.7. The molecule has 0 aliphatic carbocycles. The molecule has 0 amide bonds. The van der Waals surface area contributed by atoms with E-state index in [9.17, 15) is 19.3 Å². The minimum Gasteiger partial charge on any atom is -0.496 e. The number of methoxy groups -OCH3 is 1. The van der Waals surface area contributed by atoms with Crippen molar-refractivity contribution in [3.8, 4) is 11.5 Å². The number of nitro benzene ring substituents is 1. The predicted octanol–water partition coefficient (Wildman–Crippen LogP) is 5.53. The molecule has 0 aliphatic rings. The Morgan fingerprint density at radius 3 is 2.48 bits per heavy atom. The zero-order valence-electron chi connectivity index (χ0n) is 17.0. The Hall–Kier alpha value is -4.00. The smallest absolute Gasteiger partial charge is 0.311 e. The molecule has 0 fully saturated rings. The molecule has 0 saturated carbocycles. The summed E-state index contributed by atoms with van der Waals surface area (Å²) in [5.41, 5.74) is 2.62. The molecule has 6 nitrogen and oxygen atoms in total. The SMILES string of the molecule is COc1ccc(/C=C/C(=O)c2ccc(C)cc2)cc1COc1cc(F)ccc1[N+](=O)[O-]. The van der Waals surface area contributed by atoms with Crippen molar-refractivity contribution < 1.29 is 23.6 Å². The third-order valence-corrected chi connectivity index (χ3v) is 4.57. The summed E-state index contributed by atoms with van der Waals surface area (Å²) in [4.78, 5) is 22.9. The number of halogens is 1. The van der Waals surface area contributed by atoms with E-state index in [0.717, 1.165) is 23.8 Å². The van der Waals surface area contributed by atoms with Crippen LogP contribution in [-0.2, 0) is 6.61 Å². The Kier molecular flexibility index (Phi) is 6.77. The molecule has 3 aromatic carbocycles. The van der Waals surface area contributed by atoms with Gasteiger partial charge in [-0.3, -0.25) is 14.9 Å². The summed E-state index contributed by atoms with van der Waals surface area (Å²) in [6, 6.07) is 15.5. The Morgan fingerprint density at radius 2 is 1.81 bits per heavy atom. The highest BCUT2D eigenvalue weighted by Crippen LogP contribution is 2.30. The molecular weight excluding hydrogens is 401 g/mol. The lowest BCUT2D eigenvalue weighted by Gasteiger charge is -2.11. The van der Waals surface area contributed by atoms with Gasteiger partial charge < -0.3 is 9.47 Å². The van der Waals surface area contributed by atoms with E-state index < -0.39 is 10.7 Å². The highest BCUT2D eigenvalue weighted by Gasteiger charge is 2.17. The minimum atomic E-state index is -0.640. The number of benzene rings is 3. The summed E-state index contributed by atoms with van der Waals surface area (Å²) < 4.78 is 24.3. The van der Waals surface area contributed by atoms with Crippen molar-refractivity contribution in [2.45, 2.75) is 13.5 Å². The second-order valence-electron chi connectivity index (χ2n) is 6.79. The molecule has 3 aromatic rings. The van der Waals surface area contributed by atoms with Crippen LogP contribution in [0.15, 0.2) is 66.7 Å². The highest BCUT2D eigenvalue weighted by atomic mass is 19.1. The van der Waals surface area contributed by atoms with Crippen LogP contribution in [0.4, 0.5) is 10.1 Å². The topological polar surface area (TPSA) is 78.7 Å². The molecule has 0 unspecified atom stereocenters. The standard InChI is InChI=1S/C24H20FNO5/c1-16-3-7-18(8-4-16)22(27)11-5-17-6-12-23(30-2)19(13-17)15-31-24-14-20(25)9-10-21(24)26(28)29/h3-14H,15H2,1-2H3/b11-5+. The molecular formula is C24H20FNO5. The number of hydrogen-bond donors (Lipinski definition) is 0. The van der Waals surface area contributed by atoms with Crippen LogP contribution in [0, 0.1) is 22.9 Å². The molecule has 0 bridgehead atoms. The van der Waals surface area contributed by atoms with Gasteiger partial charge >= 0.3 is 5.69 Å². The van der Waals surface area contributed by atoms with E-state index in [-0.39, 0.29) is 23.8 Å². The number of nitro groups is 1. The lowest BCUT2D eigenvalue weighted by Crippen LogP contribution is -2.02. The van der Waals surface area contributed by atoms with Gasteiger partial charge in [0.25, 0.3) is 0 Å². The average Bonchev–Trinajstić information content (AvgIpc) is 2.76. The van der Waals surface area contributed by atoms with Crippen LogP contribution in [0.5, 0.6) is 11.5 Å². The van der Waals surface area contributed by atoms with Crippen molar-refractivity contribution >= 4 is 17.5 Å². The van der Waals surface area contributed by atoms with Crippen LogP contribution in [0.25, 0.3) is 6.08 Å². The van der Waals surface area contributed by atoms with Crippen LogP contribution >= 0.6 is 0 Å². The number of aryl methyl sites for hydroxylation is 1. The third kappa shape index (κ3) is 5.54. The minimum absolute atomic E-state index is 0.0823. The van der Waals surface area contributed by atoms with Crippen LogP contribution in [0.2, 0.25) is 0 Å². The van der Waals surface area contributed by atoms with Crippen LogP contribution < -0.4 is 9.47 Å². The van der Waals surface area contributed by atoms with Gasteiger partial charge in [-0.15, -0.1) is 0 Å². The number of rotatable bonds is 8. The maximum atomic E-state index is 13.5. The first-order chi connectivity index (χ1) is 14.9. The quantitative estimate of drug-likeness (QED) is 0.207. The summed E-state index contributed by atoms with van der Waals surface area (Å²) in [5, 5.41) is 11.1. The van der Waals surface area contributed by atoms with E-state index >= 15 is 0 Å². The van der Waals surface area contributed by atoms with Crippen molar-refractivity contribution in [2.75, 3.05) is 7.11 Å². The maximum absolute atomic E-state index is 13.5. The first-order valence-corrected chi connectivity index (χ1v) is 9.40. The lowest BCUT2D eigenvalue weighted by atomic mass is 10.1. The molecule has 158 valence electrons. The second-order valence-corrected chi connectivity index (χ2v) is 6.79. The Morgan fingerprint density at radius 1 is 1.06 bits per heavy atom. The van der Waals surface area contributed by atoms with Crippen molar-refractivity contribution in [1.82, 2.24) is 0 Å². The van der Waals surface area contributed by atoms with Gasteiger partial charge in [-0.2, -0.15) is 0 Å². The number of allylic oxidation sites excluding steroid dienone is 1. The fraction of sp³-hybridized carbons (Fsp3) is 0.125. The molecule has 0 aromatic heterocycles. The van der Waals surface area contributed by atoms with Crippen molar-refractivity contribution in [2.24, 2.45) is 0 Å². The van der Waals surface area contributed by atoms with Gasteiger partial charge in [-0.1, -0.05) is 42.0 Å². The summed E-state index contributed by atoms with van der Waals surface area (Å²) in [7, 11) is 1.49. The summed E-state index contributed by atoms with van der Waals surface area (Å²) in [6.07, 6.45) is 3.13. The lowest BCUT2D eigenvalue weighted by molar-refractivity contribution is -0.386. The predicted molar refractivity (Wildman–Crippen MR) is 115 cm³/mol. The molecule has 31 heavy (non-hydrogen) atoms. The Balaban J connectivity index is 1.80. The number of ether oxygens (including phenoxy) is 2. The molecule has 0 radical (unpaired) electrons. The zero-order valence-corrected chi connectivity index (χ0v) is 17.0. The molecule has 3 rings (SSSR count). The number of ketones is 1. The number of hydrogen-bond acceptors (Lipinski definition) is 5. The van der Waals surface area contributed by atoms with Crippen molar-refractivity contribution in [1.29, 1.82) is 0 Å². The Bertz CT molecular complexity index is 1140. The van der Waals surface area contributed by atoms with Gasteiger partial charge in [0, 0.05) is 23.3 Å². The van der Waals surface area contributed by atoms with Crippen LogP contribution in [-0.4, -0.2) is 17.8 Å². The van der Waals surface area contributed by atoms with Crippen LogP contribution in [0.3, 0.4) is 0 Å². The number of nitrogens with zero attached hydrogens (tertiary/aromatic N) is 1. The van der Waals surface area contributed by atoms with Gasteiger partial charge in [-0.05, 0) is 36.8 Å². The summed E-state index contributed by atoms with van der Waals surface area (Å²) in [5.74, 6) is -0.452.